The van der Waals surface area contributed by atoms with Gasteiger partial charge in [0.15, 0.2) is 0 Å². The highest BCUT2D eigenvalue weighted by Gasteiger charge is 2.27. The predicted octanol–water partition coefficient (Wildman–Crippen LogP) is 2.99. The van der Waals surface area contributed by atoms with Crippen LogP contribution in [0.15, 0.2) is 42.5 Å². The van der Waals surface area contributed by atoms with E-state index in [2.05, 4.69) is 0 Å². The number of carboxylic acids is 1. The SMILES string of the molecule is CCN(C(=O)CN1CCCC(C(=O)O)C1)c1cccc2ccccc12. The first-order valence-corrected chi connectivity index (χ1v) is 8.83. The molecule has 1 atom stereocenters. The van der Waals surface area contributed by atoms with Crippen molar-refractivity contribution in [2.24, 2.45) is 5.92 Å². The molecule has 2 aromatic rings. The molecule has 1 aliphatic heterocycles. The van der Waals surface area contributed by atoms with Crippen LogP contribution in [0.5, 0.6) is 0 Å². The zero-order valence-electron chi connectivity index (χ0n) is 14.5. The lowest BCUT2D eigenvalue weighted by Crippen LogP contribution is -2.45. The van der Waals surface area contributed by atoms with E-state index in [9.17, 15) is 14.7 Å². The summed E-state index contributed by atoms with van der Waals surface area (Å²) < 4.78 is 0. The predicted molar refractivity (Wildman–Crippen MR) is 98.8 cm³/mol. The van der Waals surface area contributed by atoms with Gasteiger partial charge in [0.05, 0.1) is 18.2 Å². The maximum absolute atomic E-state index is 12.9. The van der Waals surface area contributed by atoms with Gasteiger partial charge in [-0.15, -0.1) is 0 Å². The average Bonchev–Trinajstić information content (AvgIpc) is 2.62. The summed E-state index contributed by atoms with van der Waals surface area (Å²) in [5, 5.41) is 11.4. The molecule has 0 aliphatic carbocycles. The minimum Gasteiger partial charge on any atom is -0.481 e. The van der Waals surface area contributed by atoms with Crippen molar-refractivity contribution in [3.8, 4) is 0 Å². The fourth-order valence-corrected chi connectivity index (χ4v) is 3.60. The number of carboxylic acid groups (broad SMARTS) is 1. The van der Waals surface area contributed by atoms with Crippen molar-refractivity contribution >= 4 is 28.3 Å². The fourth-order valence-electron chi connectivity index (χ4n) is 3.60. The van der Waals surface area contributed by atoms with Gasteiger partial charge < -0.3 is 10.0 Å². The van der Waals surface area contributed by atoms with E-state index in [1.54, 1.807) is 4.90 Å². The summed E-state index contributed by atoms with van der Waals surface area (Å²) in [6.07, 6.45) is 1.52. The molecule has 1 aliphatic rings. The van der Waals surface area contributed by atoms with E-state index in [1.165, 1.54) is 0 Å². The molecule has 5 heteroatoms. The molecule has 0 spiro atoms. The van der Waals surface area contributed by atoms with Crippen molar-refractivity contribution in [1.29, 1.82) is 0 Å². The summed E-state index contributed by atoms with van der Waals surface area (Å²) in [4.78, 5) is 27.9. The Hall–Kier alpha value is -2.40. The summed E-state index contributed by atoms with van der Waals surface area (Å²) in [6, 6.07) is 14.0. The van der Waals surface area contributed by atoms with Gasteiger partial charge in [0, 0.05) is 18.5 Å². The van der Waals surface area contributed by atoms with Gasteiger partial charge in [0.1, 0.15) is 0 Å². The van der Waals surface area contributed by atoms with Crippen molar-refractivity contribution < 1.29 is 14.7 Å². The van der Waals surface area contributed by atoms with Crippen LogP contribution in [0.25, 0.3) is 10.8 Å². The lowest BCUT2D eigenvalue weighted by atomic mass is 9.98. The largest absolute Gasteiger partial charge is 0.481 e. The van der Waals surface area contributed by atoms with Crippen LogP contribution >= 0.6 is 0 Å². The molecule has 0 radical (unpaired) electrons. The Bertz CT molecular complexity index is 769. The third-order valence-corrected chi connectivity index (χ3v) is 4.89. The summed E-state index contributed by atoms with van der Waals surface area (Å²) in [6.45, 7) is 4.05. The molecule has 1 saturated heterocycles. The number of rotatable bonds is 5. The molecule has 0 aromatic heterocycles. The third kappa shape index (κ3) is 3.82. The number of hydrogen-bond acceptors (Lipinski definition) is 3. The number of benzene rings is 2. The molecular formula is C20H24N2O3. The highest BCUT2D eigenvalue weighted by atomic mass is 16.4. The van der Waals surface area contributed by atoms with Crippen molar-refractivity contribution in [2.45, 2.75) is 19.8 Å². The molecule has 5 nitrogen and oxygen atoms in total. The number of likely N-dealkylation sites (N-methyl/N-ethyl adjacent to an activating group) is 1. The Labute approximate surface area is 147 Å². The number of fused-ring (bicyclic) bond motifs is 1. The molecule has 1 unspecified atom stereocenters. The molecule has 25 heavy (non-hydrogen) atoms. The zero-order valence-corrected chi connectivity index (χ0v) is 14.5. The van der Waals surface area contributed by atoms with Gasteiger partial charge >= 0.3 is 5.97 Å². The standard InChI is InChI=1S/C20H24N2O3/c1-2-22(18-11-5-8-15-7-3-4-10-17(15)18)19(23)14-21-12-6-9-16(13-21)20(24)25/h3-5,7-8,10-11,16H,2,6,9,12-14H2,1H3,(H,24,25). The van der Waals surface area contributed by atoms with E-state index in [-0.39, 0.29) is 18.4 Å². The number of carbonyl (C=O) groups is 2. The van der Waals surface area contributed by atoms with Gasteiger partial charge in [-0.25, -0.2) is 0 Å². The van der Waals surface area contributed by atoms with Gasteiger partial charge in [-0.05, 0) is 37.8 Å². The second-order valence-electron chi connectivity index (χ2n) is 6.55. The van der Waals surface area contributed by atoms with Crippen molar-refractivity contribution in [2.75, 3.05) is 31.1 Å². The van der Waals surface area contributed by atoms with Crippen molar-refractivity contribution in [1.82, 2.24) is 4.90 Å². The van der Waals surface area contributed by atoms with Crippen LogP contribution in [0.4, 0.5) is 5.69 Å². The first kappa shape index (κ1) is 17.4. The lowest BCUT2D eigenvalue weighted by molar-refractivity contribution is -0.144. The van der Waals surface area contributed by atoms with Crippen molar-refractivity contribution in [3.05, 3.63) is 42.5 Å². The number of carbonyl (C=O) groups excluding carboxylic acids is 1. The Kier molecular flexibility index (Phi) is 5.34. The monoisotopic (exact) mass is 340 g/mol. The fraction of sp³-hybridized carbons (Fsp3) is 0.400. The Balaban J connectivity index is 1.78. The number of piperidine rings is 1. The van der Waals surface area contributed by atoms with Crippen LogP contribution in [0.1, 0.15) is 19.8 Å². The van der Waals surface area contributed by atoms with Gasteiger partial charge in [-0.2, -0.15) is 0 Å². The molecule has 3 rings (SSSR count). The molecule has 0 bridgehead atoms. The molecule has 1 amide bonds. The number of aliphatic carboxylic acids is 1. The van der Waals surface area contributed by atoms with E-state index in [4.69, 9.17) is 0 Å². The Morgan fingerprint density at radius 1 is 1.20 bits per heavy atom. The summed E-state index contributed by atoms with van der Waals surface area (Å²) >= 11 is 0. The lowest BCUT2D eigenvalue weighted by Gasteiger charge is -2.32. The van der Waals surface area contributed by atoms with E-state index in [0.717, 1.165) is 29.4 Å². The molecular weight excluding hydrogens is 316 g/mol. The minimum absolute atomic E-state index is 0.0184. The molecule has 0 saturated carbocycles. The molecule has 1 fully saturated rings. The number of nitrogens with zero attached hydrogens (tertiary/aromatic N) is 2. The second kappa shape index (κ2) is 7.66. The maximum atomic E-state index is 12.9. The number of amides is 1. The highest BCUT2D eigenvalue weighted by molar-refractivity contribution is 6.04. The van der Waals surface area contributed by atoms with E-state index < -0.39 is 5.97 Å². The van der Waals surface area contributed by atoms with Crippen LogP contribution in [0, 0.1) is 5.92 Å². The molecule has 2 aromatic carbocycles. The smallest absolute Gasteiger partial charge is 0.307 e. The number of hydrogen-bond donors (Lipinski definition) is 1. The topological polar surface area (TPSA) is 60.9 Å². The Morgan fingerprint density at radius 3 is 2.72 bits per heavy atom. The molecule has 1 N–H and O–H groups in total. The van der Waals surface area contributed by atoms with E-state index >= 15 is 0 Å². The molecule has 1 heterocycles. The van der Waals surface area contributed by atoms with Crippen LogP contribution < -0.4 is 4.90 Å². The third-order valence-electron chi connectivity index (χ3n) is 4.89. The van der Waals surface area contributed by atoms with Crippen LogP contribution in [0.2, 0.25) is 0 Å². The van der Waals surface area contributed by atoms with E-state index in [0.29, 0.717) is 19.5 Å². The summed E-state index contributed by atoms with van der Waals surface area (Å²) in [7, 11) is 0. The van der Waals surface area contributed by atoms with Gasteiger partial charge in [-0.1, -0.05) is 36.4 Å². The summed E-state index contributed by atoms with van der Waals surface area (Å²) in [5.74, 6) is -1.11. The van der Waals surface area contributed by atoms with Crippen LogP contribution in [-0.4, -0.2) is 48.1 Å². The minimum atomic E-state index is -0.765. The van der Waals surface area contributed by atoms with Gasteiger partial charge in [-0.3, -0.25) is 14.5 Å². The maximum Gasteiger partial charge on any atom is 0.307 e. The highest BCUT2D eigenvalue weighted by Crippen LogP contribution is 2.27. The van der Waals surface area contributed by atoms with Crippen LogP contribution in [0.3, 0.4) is 0 Å². The average molecular weight is 340 g/mol. The summed E-state index contributed by atoms with van der Waals surface area (Å²) in [5.41, 5.74) is 0.914. The Morgan fingerprint density at radius 2 is 1.96 bits per heavy atom. The van der Waals surface area contributed by atoms with Gasteiger partial charge in [0.25, 0.3) is 0 Å². The molecule has 132 valence electrons. The van der Waals surface area contributed by atoms with Gasteiger partial charge in [0.2, 0.25) is 5.91 Å². The van der Waals surface area contributed by atoms with Crippen LogP contribution in [-0.2, 0) is 9.59 Å². The van der Waals surface area contributed by atoms with Crippen molar-refractivity contribution in [3.63, 3.8) is 0 Å². The second-order valence-corrected chi connectivity index (χ2v) is 6.55. The first-order valence-electron chi connectivity index (χ1n) is 8.83. The number of likely N-dealkylation sites (tertiary alicyclic amines) is 1. The first-order chi connectivity index (χ1) is 12.1. The normalized spacial score (nSPS) is 18.2. The quantitative estimate of drug-likeness (QED) is 0.909. The number of anilines is 1. The zero-order chi connectivity index (χ0) is 17.8. The van der Waals surface area contributed by atoms with E-state index in [1.807, 2.05) is 54.3 Å².